The van der Waals surface area contributed by atoms with Crippen LogP contribution < -0.4 is 10.9 Å². The number of amides is 2. The molecule has 3 rings (SSSR count). The fourth-order valence-electron chi connectivity index (χ4n) is 2.28. The lowest BCUT2D eigenvalue weighted by Crippen LogP contribution is -2.41. The summed E-state index contributed by atoms with van der Waals surface area (Å²) in [5.74, 6) is -2.85. The second-order valence-electron chi connectivity index (χ2n) is 5.33. The van der Waals surface area contributed by atoms with Crippen molar-refractivity contribution in [3.63, 3.8) is 0 Å². The van der Waals surface area contributed by atoms with Crippen LogP contribution in [0.3, 0.4) is 0 Å². The van der Waals surface area contributed by atoms with Crippen molar-refractivity contribution in [1.82, 2.24) is 25.6 Å². The third-order valence-corrected chi connectivity index (χ3v) is 3.90. The molecule has 0 bridgehead atoms. The van der Waals surface area contributed by atoms with E-state index in [1.807, 2.05) is 0 Å². The van der Waals surface area contributed by atoms with Crippen molar-refractivity contribution in [3.8, 4) is 11.3 Å². The van der Waals surface area contributed by atoms with Gasteiger partial charge in [-0.2, -0.15) is 5.10 Å². The number of aromatic amines is 1. The van der Waals surface area contributed by atoms with Crippen LogP contribution in [0.15, 0.2) is 41.1 Å². The molecule has 0 saturated carbocycles. The highest BCUT2D eigenvalue weighted by Crippen LogP contribution is 2.25. The predicted octanol–water partition coefficient (Wildman–Crippen LogP) is 2.53. The zero-order valence-electron chi connectivity index (χ0n) is 13.3. The Morgan fingerprint density at radius 2 is 1.92 bits per heavy atom. The van der Waals surface area contributed by atoms with E-state index in [-0.39, 0.29) is 22.5 Å². The fourth-order valence-corrected chi connectivity index (χ4v) is 2.63. The monoisotopic (exact) mass is 423 g/mol. The van der Waals surface area contributed by atoms with Crippen LogP contribution in [0.25, 0.3) is 11.3 Å². The number of carbonyl (C=O) groups excluding carboxylic acids is 2. The van der Waals surface area contributed by atoms with Gasteiger partial charge in [0.25, 0.3) is 11.8 Å². The van der Waals surface area contributed by atoms with Crippen LogP contribution in [0.4, 0.5) is 8.78 Å². The molecule has 3 N–H and O–H groups in total. The minimum atomic E-state index is -0.849. The number of carbonyl (C=O) groups is 2. The Balaban J connectivity index is 1.81. The summed E-state index contributed by atoms with van der Waals surface area (Å²) in [6, 6.07) is 4.50. The molecule has 26 heavy (non-hydrogen) atoms. The second kappa shape index (κ2) is 7.08. The van der Waals surface area contributed by atoms with Crippen molar-refractivity contribution in [2.75, 3.05) is 0 Å². The Bertz CT molecular complexity index is 998. The van der Waals surface area contributed by atoms with Gasteiger partial charge in [0.05, 0.1) is 5.56 Å². The number of aromatic nitrogens is 3. The molecule has 0 aliphatic rings. The fraction of sp³-hybridized carbons (Fsp3) is 0.0625. The minimum Gasteiger partial charge on any atom is -0.356 e. The van der Waals surface area contributed by atoms with Gasteiger partial charge in [-0.3, -0.25) is 25.1 Å². The van der Waals surface area contributed by atoms with E-state index in [0.29, 0.717) is 10.5 Å². The van der Waals surface area contributed by atoms with E-state index in [9.17, 15) is 18.4 Å². The van der Waals surface area contributed by atoms with Gasteiger partial charge in [-0.1, -0.05) is 0 Å². The quantitative estimate of drug-likeness (QED) is 0.565. The molecule has 2 amide bonds. The first-order chi connectivity index (χ1) is 12.3. The number of hydrogen-bond acceptors (Lipinski definition) is 3. The average molecular weight is 424 g/mol. The summed E-state index contributed by atoms with van der Waals surface area (Å²) in [7, 11) is 1.55. The van der Waals surface area contributed by atoms with E-state index in [1.54, 1.807) is 13.2 Å². The SMILES string of the molecule is Cn1cc(C(=O)NNC(=O)c2cc(Br)c[nH]2)c(-c2ccc(F)cc2F)n1. The molecule has 7 nitrogen and oxygen atoms in total. The zero-order valence-corrected chi connectivity index (χ0v) is 14.9. The lowest BCUT2D eigenvalue weighted by Gasteiger charge is -2.07. The van der Waals surface area contributed by atoms with Gasteiger partial charge in [-0.15, -0.1) is 0 Å². The normalized spacial score (nSPS) is 10.6. The first-order valence-electron chi connectivity index (χ1n) is 7.29. The number of hydrogen-bond donors (Lipinski definition) is 3. The van der Waals surface area contributed by atoms with Crippen molar-refractivity contribution in [3.05, 3.63) is 64.0 Å². The summed E-state index contributed by atoms with van der Waals surface area (Å²) in [5.41, 5.74) is 4.72. The summed E-state index contributed by atoms with van der Waals surface area (Å²) in [6.45, 7) is 0. The number of hydrazine groups is 1. The molecule has 0 fully saturated rings. The van der Waals surface area contributed by atoms with Crippen molar-refractivity contribution >= 4 is 27.7 Å². The number of benzene rings is 1. The Labute approximate surface area is 154 Å². The highest BCUT2D eigenvalue weighted by molar-refractivity contribution is 9.10. The van der Waals surface area contributed by atoms with E-state index in [1.165, 1.54) is 23.0 Å². The summed E-state index contributed by atoms with van der Waals surface area (Å²) < 4.78 is 29.1. The lowest BCUT2D eigenvalue weighted by atomic mass is 10.1. The molecule has 134 valence electrons. The van der Waals surface area contributed by atoms with Gasteiger partial charge < -0.3 is 4.98 Å². The zero-order chi connectivity index (χ0) is 18.8. The van der Waals surface area contributed by atoms with Crippen molar-refractivity contribution in [2.45, 2.75) is 0 Å². The Morgan fingerprint density at radius 3 is 2.58 bits per heavy atom. The third-order valence-electron chi connectivity index (χ3n) is 3.44. The van der Waals surface area contributed by atoms with Crippen LogP contribution in [0.5, 0.6) is 0 Å². The van der Waals surface area contributed by atoms with Crippen molar-refractivity contribution in [1.29, 1.82) is 0 Å². The van der Waals surface area contributed by atoms with Crippen LogP contribution >= 0.6 is 15.9 Å². The Morgan fingerprint density at radius 1 is 1.19 bits per heavy atom. The highest BCUT2D eigenvalue weighted by atomic mass is 79.9. The van der Waals surface area contributed by atoms with Crippen LogP contribution in [0, 0.1) is 11.6 Å². The third kappa shape index (κ3) is 3.64. The largest absolute Gasteiger partial charge is 0.356 e. The molecular formula is C16H12BrF2N5O2. The molecular weight excluding hydrogens is 412 g/mol. The highest BCUT2D eigenvalue weighted by Gasteiger charge is 2.20. The van der Waals surface area contributed by atoms with Gasteiger partial charge in [-0.25, -0.2) is 8.78 Å². The molecule has 2 aromatic heterocycles. The van der Waals surface area contributed by atoms with Crippen LogP contribution in [0.2, 0.25) is 0 Å². The van der Waals surface area contributed by atoms with Gasteiger partial charge >= 0.3 is 0 Å². The number of rotatable bonds is 3. The molecule has 3 aromatic rings. The lowest BCUT2D eigenvalue weighted by molar-refractivity contribution is 0.0844. The molecule has 10 heteroatoms. The minimum absolute atomic E-state index is 0.0194. The number of aryl methyl sites for hydroxylation is 1. The van der Waals surface area contributed by atoms with E-state index >= 15 is 0 Å². The molecule has 0 aliphatic heterocycles. The maximum absolute atomic E-state index is 14.0. The molecule has 2 heterocycles. The summed E-state index contributed by atoms with van der Waals surface area (Å²) in [4.78, 5) is 27.0. The first-order valence-corrected chi connectivity index (χ1v) is 8.08. The number of halogens is 3. The Kier molecular flexibility index (Phi) is 4.85. The molecule has 0 saturated heterocycles. The first kappa shape index (κ1) is 17.8. The molecule has 1 aromatic carbocycles. The van der Waals surface area contributed by atoms with Gasteiger partial charge in [0.15, 0.2) is 0 Å². The molecule has 0 aliphatic carbocycles. The molecule has 0 unspecified atom stereocenters. The van der Waals surface area contributed by atoms with E-state index < -0.39 is 23.4 Å². The van der Waals surface area contributed by atoms with Crippen molar-refractivity contribution in [2.24, 2.45) is 7.05 Å². The van der Waals surface area contributed by atoms with Gasteiger partial charge in [0, 0.05) is 35.5 Å². The maximum Gasteiger partial charge on any atom is 0.286 e. The molecule has 0 spiro atoms. The van der Waals surface area contributed by atoms with Crippen LogP contribution in [-0.4, -0.2) is 26.6 Å². The van der Waals surface area contributed by atoms with Crippen LogP contribution in [-0.2, 0) is 7.05 Å². The van der Waals surface area contributed by atoms with Gasteiger partial charge in [0.2, 0.25) is 0 Å². The van der Waals surface area contributed by atoms with Crippen molar-refractivity contribution < 1.29 is 18.4 Å². The van der Waals surface area contributed by atoms with Crippen LogP contribution in [0.1, 0.15) is 20.8 Å². The predicted molar refractivity (Wildman–Crippen MR) is 92.0 cm³/mol. The average Bonchev–Trinajstić information content (AvgIpc) is 3.18. The Hall–Kier alpha value is -3.01. The number of nitrogens with one attached hydrogen (secondary N) is 3. The number of nitrogens with zero attached hydrogens (tertiary/aromatic N) is 2. The topological polar surface area (TPSA) is 91.8 Å². The van der Waals surface area contributed by atoms with Gasteiger partial charge in [-0.05, 0) is 34.1 Å². The summed E-state index contributed by atoms with van der Waals surface area (Å²) in [6.07, 6.45) is 2.93. The molecule has 0 radical (unpaired) electrons. The maximum atomic E-state index is 14.0. The number of H-pyrrole nitrogens is 1. The van der Waals surface area contributed by atoms with E-state index in [2.05, 4.69) is 36.9 Å². The van der Waals surface area contributed by atoms with E-state index in [0.717, 1.165) is 6.07 Å². The van der Waals surface area contributed by atoms with Gasteiger partial charge in [0.1, 0.15) is 23.0 Å². The summed E-state index contributed by atoms with van der Waals surface area (Å²) >= 11 is 3.20. The standard InChI is InChI=1S/C16H12BrF2N5O2/c1-24-7-11(14(23-24)10-3-2-9(18)5-12(10)19)15(25)21-22-16(26)13-4-8(17)6-20-13/h2-7,20H,1H3,(H,21,25)(H,22,26). The second-order valence-corrected chi connectivity index (χ2v) is 6.24. The molecule has 0 atom stereocenters. The van der Waals surface area contributed by atoms with E-state index in [4.69, 9.17) is 0 Å². The smallest absolute Gasteiger partial charge is 0.286 e. The summed E-state index contributed by atoms with van der Waals surface area (Å²) in [5, 5.41) is 4.05.